The van der Waals surface area contributed by atoms with E-state index in [0.717, 1.165) is 39.4 Å². The molecule has 0 aromatic heterocycles. The molecule has 2 aliphatic heterocycles. The van der Waals surface area contributed by atoms with Crippen molar-refractivity contribution in [1.29, 1.82) is 0 Å². The van der Waals surface area contributed by atoms with E-state index in [2.05, 4.69) is 10.2 Å². The Labute approximate surface area is 143 Å². The lowest BCUT2D eigenvalue weighted by Crippen LogP contribution is -2.43. The van der Waals surface area contributed by atoms with Crippen LogP contribution in [0.15, 0.2) is 0 Å². The molecule has 0 radical (unpaired) electrons. The van der Waals surface area contributed by atoms with E-state index in [-0.39, 0.29) is 42.7 Å². The van der Waals surface area contributed by atoms with Crippen LogP contribution in [0, 0.1) is 0 Å². The zero-order valence-electron chi connectivity index (χ0n) is 12.7. The summed E-state index contributed by atoms with van der Waals surface area (Å²) in [6.45, 7) is 5.95. The molecule has 2 fully saturated rings. The second kappa shape index (κ2) is 11.0. The van der Waals surface area contributed by atoms with Crippen LogP contribution in [0.3, 0.4) is 0 Å². The van der Waals surface area contributed by atoms with Gasteiger partial charge in [0.1, 0.15) is 0 Å². The van der Waals surface area contributed by atoms with E-state index in [4.69, 9.17) is 10.5 Å². The molecule has 1 atom stereocenters. The van der Waals surface area contributed by atoms with Crippen molar-refractivity contribution < 1.29 is 14.3 Å². The summed E-state index contributed by atoms with van der Waals surface area (Å²) in [6, 6.07) is -0.0637. The molecule has 0 aromatic carbocycles. The number of rotatable bonds is 6. The molecule has 0 saturated carbocycles. The fraction of sp³-hybridized carbons (Fsp3) is 0.846. The third-order valence-electron chi connectivity index (χ3n) is 3.74. The predicted octanol–water partition coefficient (Wildman–Crippen LogP) is -0.772. The maximum absolute atomic E-state index is 11.9. The van der Waals surface area contributed by atoms with Crippen LogP contribution in [0.5, 0.6) is 0 Å². The average molecular weight is 357 g/mol. The van der Waals surface area contributed by atoms with Crippen LogP contribution in [0.1, 0.15) is 12.8 Å². The summed E-state index contributed by atoms with van der Waals surface area (Å²) in [5.74, 6) is 0.0524. The molecular formula is C13H26Cl2N4O3. The molecule has 7 nitrogen and oxygen atoms in total. The van der Waals surface area contributed by atoms with Crippen LogP contribution in [0.2, 0.25) is 0 Å². The van der Waals surface area contributed by atoms with E-state index >= 15 is 0 Å². The lowest BCUT2D eigenvalue weighted by molar-refractivity contribution is -0.128. The van der Waals surface area contributed by atoms with Crippen molar-refractivity contribution in [2.75, 3.05) is 52.5 Å². The van der Waals surface area contributed by atoms with Crippen LogP contribution in [0.25, 0.3) is 0 Å². The molecule has 22 heavy (non-hydrogen) atoms. The van der Waals surface area contributed by atoms with Crippen LogP contribution >= 0.6 is 24.8 Å². The first-order valence-electron chi connectivity index (χ1n) is 7.26. The van der Waals surface area contributed by atoms with E-state index in [9.17, 15) is 9.59 Å². The predicted molar refractivity (Wildman–Crippen MR) is 88.6 cm³/mol. The third-order valence-corrected chi connectivity index (χ3v) is 3.74. The van der Waals surface area contributed by atoms with E-state index in [1.54, 1.807) is 0 Å². The van der Waals surface area contributed by atoms with Gasteiger partial charge < -0.3 is 20.7 Å². The van der Waals surface area contributed by atoms with Gasteiger partial charge in [-0.15, -0.1) is 24.8 Å². The van der Waals surface area contributed by atoms with Gasteiger partial charge in [0.2, 0.25) is 11.8 Å². The molecule has 0 bridgehead atoms. The van der Waals surface area contributed by atoms with Gasteiger partial charge in [-0.25, -0.2) is 0 Å². The molecule has 0 spiro atoms. The number of amides is 2. The van der Waals surface area contributed by atoms with Crippen LogP contribution < -0.4 is 11.1 Å². The number of hydrogen-bond donors (Lipinski definition) is 2. The summed E-state index contributed by atoms with van der Waals surface area (Å²) in [4.78, 5) is 27.5. The maximum atomic E-state index is 11.9. The highest BCUT2D eigenvalue weighted by molar-refractivity contribution is 5.85. The number of ether oxygens (including phenoxy) is 1. The highest BCUT2D eigenvalue weighted by Crippen LogP contribution is 2.11. The van der Waals surface area contributed by atoms with Crippen molar-refractivity contribution in [3.05, 3.63) is 0 Å². The number of halogens is 2. The summed E-state index contributed by atoms with van der Waals surface area (Å²) in [7, 11) is 0. The highest BCUT2D eigenvalue weighted by atomic mass is 35.5. The highest BCUT2D eigenvalue weighted by Gasteiger charge is 2.30. The second-order valence-corrected chi connectivity index (χ2v) is 5.30. The zero-order valence-corrected chi connectivity index (χ0v) is 14.3. The van der Waals surface area contributed by atoms with Crippen molar-refractivity contribution in [3.8, 4) is 0 Å². The molecule has 2 saturated heterocycles. The molecule has 2 heterocycles. The number of carbonyl (C=O) groups is 2. The molecular weight excluding hydrogens is 331 g/mol. The Bertz CT molecular complexity index is 354. The summed E-state index contributed by atoms with van der Waals surface area (Å²) in [5, 5.41) is 2.86. The van der Waals surface area contributed by atoms with E-state index in [1.807, 2.05) is 4.90 Å². The van der Waals surface area contributed by atoms with Gasteiger partial charge in [-0.05, 0) is 0 Å². The van der Waals surface area contributed by atoms with Gasteiger partial charge in [0.05, 0.1) is 19.3 Å². The number of nitrogens with two attached hydrogens (primary N) is 1. The fourth-order valence-corrected chi connectivity index (χ4v) is 2.60. The third kappa shape index (κ3) is 6.66. The molecule has 0 aliphatic carbocycles. The fourth-order valence-electron chi connectivity index (χ4n) is 2.60. The summed E-state index contributed by atoms with van der Waals surface area (Å²) in [5.41, 5.74) is 5.33. The molecule has 2 amide bonds. The summed E-state index contributed by atoms with van der Waals surface area (Å²) >= 11 is 0. The first-order chi connectivity index (χ1) is 9.69. The Morgan fingerprint density at radius 1 is 1.27 bits per heavy atom. The van der Waals surface area contributed by atoms with Crippen molar-refractivity contribution in [3.63, 3.8) is 0 Å². The second-order valence-electron chi connectivity index (χ2n) is 5.30. The van der Waals surface area contributed by atoms with Gasteiger partial charge >= 0.3 is 0 Å². The lowest BCUT2D eigenvalue weighted by Gasteiger charge is -2.28. The van der Waals surface area contributed by atoms with Gasteiger partial charge in [0, 0.05) is 52.1 Å². The molecule has 2 aliphatic rings. The SMILES string of the molecule is Cl.Cl.NCCC(=O)NC1CC(=O)N(CCN2CCOCC2)C1. The lowest BCUT2D eigenvalue weighted by atomic mass is 10.2. The van der Waals surface area contributed by atoms with Gasteiger partial charge in [-0.2, -0.15) is 0 Å². The van der Waals surface area contributed by atoms with Crippen molar-refractivity contribution in [2.45, 2.75) is 18.9 Å². The molecule has 2 rings (SSSR count). The minimum absolute atomic E-state index is 0. The van der Waals surface area contributed by atoms with E-state index in [1.165, 1.54) is 0 Å². The first-order valence-corrected chi connectivity index (χ1v) is 7.26. The molecule has 1 unspecified atom stereocenters. The van der Waals surface area contributed by atoms with Crippen LogP contribution in [-0.4, -0.2) is 80.1 Å². The number of nitrogens with zero attached hydrogens (tertiary/aromatic N) is 2. The van der Waals surface area contributed by atoms with Crippen molar-refractivity contribution in [2.24, 2.45) is 5.73 Å². The minimum atomic E-state index is -0.0691. The largest absolute Gasteiger partial charge is 0.379 e. The van der Waals surface area contributed by atoms with Gasteiger partial charge in [-0.1, -0.05) is 0 Å². The Kier molecular flexibility index (Phi) is 10.7. The summed E-state index contributed by atoms with van der Waals surface area (Å²) < 4.78 is 5.30. The minimum Gasteiger partial charge on any atom is -0.379 e. The number of carbonyl (C=O) groups excluding carboxylic acids is 2. The average Bonchev–Trinajstić information content (AvgIpc) is 2.78. The van der Waals surface area contributed by atoms with Gasteiger partial charge in [0.15, 0.2) is 0 Å². The monoisotopic (exact) mass is 356 g/mol. The maximum Gasteiger partial charge on any atom is 0.224 e. The number of nitrogens with one attached hydrogen (secondary N) is 1. The Balaban J connectivity index is 0.00000220. The van der Waals surface area contributed by atoms with Gasteiger partial charge in [0.25, 0.3) is 0 Å². The zero-order chi connectivity index (χ0) is 14.4. The molecule has 0 aromatic rings. The smallest absolute Gasteiger partial charge is 0.224 e. The van der Waals surface area contributed by atoms with Crippen molar-refractivity contribution >= 4 is 36.6 Å². The van der Waals surface area contributed by atoms with E-state index < -0.39 is 0 Å². The Morgan fingerprint density at radius 2 is 1.95 bits per heavy atom. The number of hydrogen-bond acceptors (Lipinski definition) is 5. The van der Waals surface area contributed by atoms with Crippen molar-refractivity contribution in [1.82, 2.24) is 15.1 Å². The Morgan fingerprint density at radius 3 is 2.59 bits per heavy atom. The first kappa shape index (κ1) is 21.4. The molecule has 130 valence electrons. The number of morpholine rings is 1. The van der Waals surface area contributed by atoms with Gasteiger partial charge in [-0.3, -0.25) is 14.5 Å². The topological polar surface area (TPSA) is 87.9 Å². The van der Waals surface area contributed by atoms with E-state index in [0.29, 0.717) is 25.9 Å². The quantitative estimate of drug-likeness (QED) is 0.652. The molecule has 3 N–H and O–H groups in total. The molecule has 9 heteroatoms. The Hall–Kier alpha value is -0.600. The van der Waals surface area contributed by atoms with Crippen LogP contribution in [-0.2, 0) is 14.3 Å². The standard InChI is InChI=1S/C13H24N4O3.2ClH/c14-2-1-12(18)15-11-9-13(19)17(10-11)4-3-16-5-7-20-8-6-16;;/h11H,1-10,14H2,(H,15,18);2*1H. The number of likely N-dealkylation sites (tertiary alicyclic amines) is 1. The normalized spacial score (nSPS) is 22.0. The summed E-state index contributed by atoms with van der Waals surface area (Å²) in [6.07, 6.45) is 0.720. The van der Waals surface area contributed by atoms with Crippen LogP contribution in [0.4, 0.5) is 0 Å².